The van der Waals surface area contributed by atoms with Gasteiger partial charge in [-0.15, -0.1) is 24.8 Å². The van der Waals surface area contributed by atoms with E-state index in [0.717, 1.165) is 18.7 Å². The van der Waals surface area contributed by atoms with E-state index in [0.29, 0.717) is 24.4 Å². The molecule has 1 fully saturated rings. The first kappa shape index (κ1) is 22.9. The highest BCUT2D eigenvalue weighted by molar-refractivity contribution is 5.97. The van der Waals surface area contributed by atoms with Gasteiger partial charge in [-0.05, 0) is 17.7 Å². The molecule has 2 heterocycles. The first-order valence-electron chi connectivity index (χ1n) is 8.45. The molecule has 27 heavy (non-hydrogen) atoms. The number of carbonyl (C=O) groups is 2. The zero-order valence-electron chi connectivity index (χ0n) is 14.8. The van der Waals surface area contributed by atoms with Gasteiger partial charge >= 0.3 is 0 Å². The smallest absolute Gasteiger partial charge is 0.253 e. The Kier molecular flexibility index (Phi) is 9.78. The number of hydrogen-bond acceptors (Lipinski definition) is 4. The average molecular weight is 411 g/mol. The largest absolute Gasteiger partial charge is 0.354 e. The summed E-state index contributed by atoms with van der Waals surface area (Å²) in [6.07, 6.45) is 3.55. The van der Waals surface area contributed by atoms with Gasteiger partial charge in [-0.2, -0.15) is 0 Å². The van der Waals surface area contributed by atoms with Crippen LogP contribution in [-0.2, 0) is 11.2 Å². The summed E-state index contributed by atoms with van der Waals surface area (Å²) in [7, 11) is 0. The average Bonchev–Trinajstić information content (AvgIpc) is 2.61. The van der Waals surface area contributed by atoms with Crippen molar-refractivity contribution in [1.29, 1.82) is 0 Å². The molecule has 8 heteroatoms. The first-order valence-corrected chi connectivity index (χ1v) is 8.45. The molecule has 6 nitrogen and oxygen atoms in total. The van der Waals surface area contributed by atoms with Gasteiger partial charge in [0.1, 0.15) is 6.04 Å². The summed E-state index contributed by atoms with van der Waals surface area (Å²) in [6.45, 7) is 2.47. The van der Waals surface area contributed by atoms with E-state index in [4.69, 9.17) is 0 Å². The van der Waals surface area contributed by atoms with E-state index in [1.165, 1.54) is 6.20 Å². The normalized spacial score (nSPS) is 13.9. The van der Waals surface area contributed by atoms with Crippen LogP contribution in [0.25, 0.3) is 0 Å². The highest BCUT2D eigenvalue weighted by Gasteiger charge is 2.24. The summed E-state index contributed by atoms with van der Waals surface area (Å²) in [6, 6.07) is 12.4. The third kappa shape index (κ3) is 6.82. The van der Waals surface area contributed by atoms with Crippen LogP contribution in [0.3, 0.4) is 0 Å². The van der Waals surface area contributed by atoms with Crippen molar-refractivity contribution in [1.82, 2.24) is 20.9 Å². The molecule has 146 valence electrons. The van der Waals surface area contributed by atoms with Gasteiger partial charge in [0.25, 0.3) is 5.91 Å². The summed E-state index contributed by atoms with van der Waals surface area (Å²) in [5.41, 5.74) is 1.44. The number of carbonyl (C=O) groups excluding carboxylic acids is 2. The van der Waals surface area contributed by atoms with Gasteiger partial charge in [-0.1, -0.05) is 30.3 Å². The molecule has 1 aromatic heterocycles. The van der Waals surface area contributed by atoms with Crippen LogP contribution in [0.4, 0.5) is 0 Å². The van der Waals surface area contributed by atoms with E-state index in [2.05, 4.69) is 20.9 Å². The number of amides is 2. The van der Waals surface area contributed by atoms with E-state index in [1.54, 1.807) is 18.3 Å². The zero-order valence-corrected chi connectivity index (χ0v) is 16.4. The Balaban J connectivity index is 0.00000182. The fraction of sp³-hybridized carbons (Fsp3) is 0.316. The van der Waals surface area contributed by atoms with Gasteiger partial charge in [0.05, 0.1) is 5.56 Å². The summed E-state index contributed by atoms with van der Waals surface area (Å²) in [5.74, 6) is 0.0119. The van der Waals surface area contributed by atoms with E-state index < -0.39 is 6.04 Å². The van der Waals surface area contributed by atoms with Crippen molar-refractivity contribution >= 4 is 36.6 Å². The number of rotatable bonds is 7. The summed E-state index contributed by atoms with van der Waals surface area (Å²) in [4.78, 5) is 29.0. The zero-order chi connectivity index (χ0) is 17.5. The van der Waals surface area contributed by atoms with Crippen molar-refractivity contribution < 1.29 is 9.59 Å². The second-order valence-electron chi connectivity index (χ2n) is 6.23. The standard InChI is InChI=1S/C19H22N4O2.2ClH/c24-18(16-7-4-8-20-13-16)23-17(9-14-5-2-1-3-6-14)19(25)22-12-15-10-21-11-15;;/h1-8,13,15,17,21H,9-12H2,(H,22,25)(H,23,24);2*1H. The molecule has 2 amide bonds. The number of nitrogens with zero attached hydrogens (tertiary/aromatic N) is 1. The molecule has 0 radical (unpaired) electrons. The maximum absolute atomic E-state index is 12.6. The molecule has 0 bridgehead atoms. The fourth-order valence-corrected chi connectivity index (χ4v) is 2.66. The number of nitrogens with one attached hydrogen (secondary N) is 3. The quantitative estimate of drug-likeness (QED) is 0.647. The molecular weight excluding hydrogens is 387 g/mol. The maximum atomic E-state index is 12.6. The lowest BCUT2D eigenvalue weighted by Gasteiger charge is -2.28. The number of halogens is 2. The third-order valence-corrected chi connectivity index (χ3v) is 4.26. The van der Waals surface area contributed by atoms with E-state index in [1.807, 2.05) is 30.3 Å². The predicted octanol–water partition coefficient (Wildman–Crippen LogP) is 1.60. The first-order chi connectivity index (χ1) is 12.2. The molecule has 1 saturated heterocycles. The van der Waals surface area contributed by atoms with Crippen LogP contribution < -0.4 is 16.0 Å². The molecule has 1 atom stereocenters. The third-order valence-electron chi connectivity index (χ3n) is 4.26. The lowest BCUT2D eigenvalue weighted by atomic mass is 10.0. The summed E-state index contributed by atoms with van der Waals surface area (Å²) in [5, 5.41) is 8.97. The Hall–Kier alpha value is -2.15. The topological polar surface area (TPSA) is 83.1 Å². The number of hydrogen-bond donors (Lipinski definition) is 3. The van der Waals surface area contributed by atoms with Crippen molar-refractivity contribution in [2.75, 3.05) is 19.6 Å². The lowest BCUT2D eigenvalue weighted by Crippen LogP contribution is -2.53. The minimum Gasteiger partial charge on any atom is -0.354 e. The van der Waals surface area contributed by atoms with Crippen LogP contribution in [0.2, 0.25) is 0 Å². The predicted molar refractivity (Wildman–Crippen MR) is 110 cm³/mol. The highest BCUT2D eigenvalue weighted by Crippen LogP contribution is 2.06. The second kappa shape index (κ2) is 11.5. The van der Waals surface area contributed by atoms with Gasteiger partial charge in [0.15, 0.2) is 0 Å². The maximum Gasteiger partial charge on any atom is 0.253 e. The molecule has 0 saturated carbocycles. The van der Waals surface area contributed by atoms with Crippen LogP contribution in [0, 0.1) is 5.92 Å². The van der Waals surface area contributed by atoms with Crippen LogP contribution in [0.1, 0.15) is 15.9 Å². The van der Waals surface area contributed by atoms with Gasteiger partial charge in [0, 0.05) is 44.4 Å². The summed E-state index contributed by atoms with van der Waals surface area (Å²) >= 11 is 0. The SMILES string of the molecule is Cl.Cl.O=C(NC(Cc1ccccc1)C(=O)NCC1CNC1)c1cccnc1. The van der Waals surface area contributed by atoms with Crippen molar-refractivity contribution in [3.05, 3.63) is 66.0 Å². The second-order valence-corrected chi connectivity index (χ2v) is 6.23. The Labute approximate surface area is 171 Å². The minimum absolute atomic E-state index is 0. The van der Waals surface area contributed by atoms with Crippen molar-refractivity contribution in [2.45, 2.75) is 12.5 Å². The number of pyridine rings is 1. The minimum atomic E-state index is -0.622. The number of aromatic nitrogens is 1. The molecule has 3 N–H and O–H groups in total. The van der Waals surface area contributed by atoms with Crippen molar-refractivity contribution in [2.24, 2.45) is 5.92 Å². The van der Waals surface area contributed by atoms with Gasteiger partial charge in [-0.25, -0.2) is 0 Å². The Morgan fingerprint density at radius 1 is 1.11 bits per heavy atom. The van der Waals surface area contributed by atoms with Crippen LogP contribution in [0.15, 0.2) is 54.9 Å². The molecule has 0 aliphatic carbocycles. The van der Waals surface area contributed by atoms with Crippen LogP contribution in [-0.4, -0.2) is 42.5 Å². The molecule has 3 rings (SSSR count). The van der Waals surface area contributed by atoms with Gasteiger partial charge < -0.3 is 16.0 Å². The monoisotopic (exact) mass is 410 g/mol. The summed E-state index contributed by atoms with van der Waals surface area (Å²) < 4.78 is 0. The van der Waals surface area contributed by atoms with Crippen molar-refractivity contribution in [3.63, 3.8) is 0 Å². The van der Waals surface area contributed by atoms with Gasteiger partial charge in [0.2, 0.25) is 5.91 Å². The fourth-order valence-electron chi connectivity index (χ4n) is 2.66. The molecule has 1 unspecified atom stereocenters. The van der Waals surface area contributed by atoms with E-state index in [9.17, 15) is 9.59 Å². The van der Waals surface area contributed by atoms with Gasteiger partial charge in [-0.3, -0.25) is 14.6 Å². The van der Waals surface area contributed by atoms with E-state index >= 15 is 0 Å². The van der Waals surface area contributed by atoms with Crippen LogP contribution in [0.5, 0.6) is 0 Å². The number of benzene rings is 1. The Morgan fingerprint density at radius 2 is 1.85 bits per heavy atom. The molecule has 1 aromatic carbocycles. The Morgan fingerprint density at radius 3 is 2.44 bits per heavy atom. The molecule has 1 aliphatic heterocycles. The van der Waals surface area contributed by atoms with Crippen molar-refractivity contribution in [3.8, 4) is 0 Å². The molecule has 2 aromatic rings. The highest BCUT2D eigenvalue weighted by atomic mass is 35.5. The van der Waals surface area contributed by atoms with E-state index in [-0.39, 0.29) is 36.6 Å². The lowest BCUT2D eigenvalue weighted by molar-refractivity contribution is -0.123. The molecular formula is C19H24Cl2N4O2. The van der Waals surface area contributed by atoms with Crippen LogP contribution >= 0.6 is 24.8 Å². The Bertz CT molecular complexity index is 712. The molecule has 1 aliphatic rings. The molecule has 0 spiro atoms.